The molecule has 0 radical (unpaired) electrons. The van der Waals surface area contributed by atoms with E-state index in [-0.39, 0.29) is 5.92 Å². The molecule has 0 bridgehead atoms. The second-order valence-electron chi connectivity index (χ2n) is 5.56. The maximum Gasteiger partial charge on any atom is 0.305 e. The van der Waals surface area contributed by atoms with Crippen LogP contribution in [0, 0.1) is 33.6 Å². The molecule has 1 heterocycles. The Hall–Kier alpha value is -2.05. The number of nitro benzene ring substituents is 1. The van der Waals surface area contributed by atoms with E-state index in [1.807, 2.05) is 13.8 Å². The fourth-order valence-corrected chi connectivity index (χ4v) is 2.55. The number of hydrogen-bond donors (Lipinski definition) is 0. The largest absolute Gasteiger partial charge is 0.338 e. The van der Waals surface area contributed by atoms with E-state index in [1.54, 1.807) is 0 Å². The Labute approximate surface area is 120 Å². The number of hydrogen-bond acceptors (Lipinski definition) is 3. The van der Waals surface area contributed by atoms with Crippen LogP contribution in [0.1, 0.15) is 30.6 Å². The summed E-state index contributed by atoms with van der Waals surface area (Å²) in [4.78, 5) is 23.3. The Kier molecular flexibility index (Phi) is 4.20. The fourth-order valence-electron chi connectivity index (χ4n) is 2.55. The molecular formula is C14H16F2N2O3. The van der Waals surface area contributed by atoms with Crippen molar-refractivity contribution in [1.82, 2.24) is 4.90 Å². The van der Waals surface area contributed by atoms with Crippen molar-refractivity contribution in [3.05, 3.63) is 39.4 Å². The molecule has 21 heavy (non-hydrogen) atoms. The van der Waals surface area contributed by atoms with E-state index in [0.717, 1.165) is 18.6 Å². The minimum Gasteiger partial charge on any atom is -0.338 e. The van der Waals surface area contributed by atoms with Gasteiger partial charge in [-0.2, -0.15) is 4.39 Å². The highest BCUT2D eigenvalue weighted by Crippen LogP contribution is 2.28. The predicted molar refractivity (Wildman–Crippen MR) is 71.9 cm³/mol. The molecule has 1 amide bonds. The molecular weight excluding hydrogens is 282 g/mol. The zero-order chi connectivity index (χ0) is 15.7. The summed E-state index contributed by atoms with van der Waals surface area (Å²) in [6.45, 7) is 4.86. The lowest BCUT2D eigenvalue weighted by molar-refractivity contribution is -0.387. The lowest BCUT2D eigenvalue weighted by Crippen LogP contribution is -2.31. The van der Waals surface area contributed by atoms with Crippen molar-refractivity contribution < 1.29 is 18.5 Å². The van der Waals surface area contributed by atoms with E-state index in [0.29, 0.717) is 19.0 Å². The van der Waals surface area contributed by atoms with Crippen LogP contribution >= 0.6 is 0 Å². The average molecular weight is 298 g/mol. The van der Waals surface area contributed by atoms with Crippen molar-refractivity contribution in [1.29, 1.82) is 0 Å². The number of halogens is 2. The van der Waals surface area contributed by atoms with Gasteiger partial charge in [0, 0.05) is 19.2 Å². The molecule has 5 nitrogen and oxygen atoms in total. The minimum atomic E-state index is -1.40. The Morgan fingerprint density at radius 3 is 2.62 bits per heavy atom. The number of nitrogens with zero attached hydrogens (tertiary/aromatic N) is 2. The maximum absolute atomic E-state index is 14.0. The summed E-state index contributed by atoms with van der Waals surface area (Å²) in [5, 5.41) is 10.7. The van der Waals surface area contributed by atoms with Gasteiger partial charge in [0.25, 0.3) is 5.91 Å². The average Bonchev–Trinajstić information content (AvgIpc) is 2.87. The number of nitro groups is 1. The van der Waals surface area contributed by atoms with Gasteiger partial charge in [-0.25, -0.2) is 4.39 Å². The van der Waals surface area contributed by atoms with Gasteiger partial charge in [0.1, 0.15) is 11.4 Å². The molecule has 1 aromatic carbocycles. The first kappa shape index (κ1) is 15.3. The predicted octanol–water partition coefficient (Wildman–Crippen LogP) is 2.99. The molecule has 7 heteroatoms. The number of carbonyl (C=O) groups excluding carboxylic acids is 1. The smallest absolute Gasteiger partial charge is 0.305 e. The third-order valence-corrected chi connectivity index (χ3v) is 3.94. The molecule has 0 saturated carbocycles. The first-order chi connectivity index (χ1) is 9.82. The number of likely N-dealkylation sites (tertiary alicyclic amines) is 1. The summed E-state index contributed by atoms with van der Waals surface area (Å²) in [6.07, 6.45) is 0.765. The summed E-state index contributed by atoms with van der Waals surface area (Å²) in [5.41, 5.74) is -1.73. The van der Waals surface area contributed by atoms with Gasteiger partial charge in [-0.15, -0.1) is 0 Å². The first-order valence-electron chi connectivity index (χ1n) is 6.74. The van der Waals surface area contributed by atoms with Crippen molar-refractivity contribution in [3.63, 3.8) is 0 Å². The van der Waals surface area contributed by atoms with Crippen LogP contribution in [-0.2, 0) is 0 Å². The molecule has 0 spiro atoms. The molecule has 1 aliphatic rings. The van der Waals surface area contributed by atoms with Crippen molar-refractivity contribution in [3.8, 4) is 0 Å². The first-order valence-corrected chi connectivity index (χ1v) is 6.74. The van der Waals surface area contributed by atoms with Gasteiger partial charge in [-0.1, -0.05) is 13.8 Å². The summed E-state index contributed by atoms with van der Waals surface area (Å²) in [7, 11) is 0. The quantitative estimate of drug-likeness (QED) is 0.636. The van der Waals surface area contributed by atoms with E-state index in [4.69, 9.17) is 0 Å². The standard InChI is InChI=1S/C14H16F2N2O3/c1-8(2)9-5-6-17(7-9)14(19)12-10(15)3-4-11(13(12)16)18(20)21/h3-4,8-9H,5-7H2,1-2H3. The molecule has 1 unspecified atom stereocenters. The van der Waals surface area contributed by atoms with Gasteiger partial charge < -0.3 is 4.90 Å². The topological polar surface area (TPSA) is 63.5 Å². The number of carbonyl (C=O) groups is 1. The lowest BCUT2D eigenvalue weighted by atomic mass is 9.95. The van der Waals surface area contributed by atoms with Crippen molar-refractivity contribution >= 4 is 11.6 Å². The second kappa shape index (κ2) is 5.75. The molecule has 1 atom stereocenters. The SMILES string of the molecule is CC(C)C1CCN(C(=O)c2c(F)ccc([N+](=O)[O-])c2F)C1. The van der Waals surface area contributed by atoms with E-state index in [1.165, 1.54) is 4.90 Å². The van der Waals surface area contributed by atoms with E-state index >= 15 is 0 Å². The summed E-state index contributed by atoms with van der Waals surface area (Å²) >= 11 is 0. The van der Waals surface area contributed by atoms with Crippen molar-refractivity contribution in [2.24, 2.45) is 11.8 Å². The minimum absolute atomic E-state index is 0.277. The zero-order valence-corrected chi connectivity index (χ0v) is 11.8. The third kappa shape index (κ3) is 2.86. The Balaban J connectivity index is 2.32. The van der Waals surface area contributed by atoms with Gasteiger partial charge in [-0.05, 0) is 24.3 Å². The summed E-state index contributed by atoms with van der Waals surface area (Å²) in [6, 6.07) is 1.48. The van der Waals surface area contributed by atoms with E-state index in [2.05, 4.69) is 0 Å². The molecule has 1 aliphatic heterocycles. The van der Waals surface area contributed by atoms with Crippen LogP contribution in [0.25, 0.3) is 0 Å². The molecule has 0 aromatic heterocycles. The van der Waals surface area contributed by atoms with Crippen LogP contribution in [0.3, 0.4) is 0 Å². The highest BCUT2D eigenvalue weighted by atomic mass is 19.1. The van der Waals surface area contributed by atoms with Gasteiger partial charge >= 0.3 is 5.69 Å². The Morgan fingerprint density at radius 1 is 1.43 bits per heavy atom. The van der Waals surface area contributed by atoms with E-state index in [9.17, 15) is 23.7 Å². The molecule has 2 rings (SSSR count). The lowest BCUT2D eigenvalue weighted by Gasteiger charge is -2.18. The Bertz CT molecular complexity index is 590. The second-order valence-corrected chi connectivity index (χ2v) is 5.56. The van der Waals surface area contributed by atoms with Gasteiger partial charge in [0.2, 0.25) is 5.82 Å². The molecule has 1 saturated heterocycles. The number of amides is 1. The summed E-state index contributed by atoms with van der Waals surface area (Å²) in [5.74, 6) is -2.66. The molecule has 0 N–H and O–H groups in total. The highest BCUT2D eigenvalue weighted by molar-refractivity contribution is 5.95. The molecule has 1 fully saturated rings. The van der Waals surface area contributed by atoms with Gasteiger partial charge in [0.05, 0.1) is 4.92 Å². The molecule has 0 aliphatic carbocycles. The van der Waals surface area contributed by atoms with Crippen LogP contribution in [0.15, 0.2) is 12.1 Å². The van der Waals surface area contributed by atoms with E-state index < -0.39 is 33.7 Å². The number of benzene rings is 1. The van der Waals surface area contributed by atoms with Crippen LogP contribution < -0.4 is 0 Å². The normalized spacial score (nSPS) is 18.3. The van der Waals surface area contributed by atoms with Gasteiger partial charge in [-0.3, -0.25) is 14.9 Å². The molecule has 1 aromatic rings. The zero-order valence-electron chi connectivity index (χ0n) is 11.8. The van der Waals surface area contributed by atoms with Gasteiger partial charge in [0.15, 0.2) is 0 Å². The molecule has 114 valence electrons. The summed E-state index contributed by atoms with van der Waals surface area (Å²) < 4.78 is 27.8. The number of rotatable bonds is 3. The highest BCUT2D eigenvalue weighted by Gasteiger charge is 2.33. The Morgan fingerprint density at radius 2 is 2.10 bits per heavy atom. The van der Waals surface area contributed by atoms with Crippen LogP contribution in [0.5, 0.6) is 0 Å². The van der Waals surface area contributed by atoms with Crippen LogP contribution in [0.2, 0.25) is 0 Å². The maximum atomic E-state index is 14.0. The van der Waals surface area contributed by atoms with Crippen molar-refractivity contribution in [2.45, 2.75) is 20.3 Å². The monoisotopic (exact) mass is 298 g/mol. The van der Waals surface area contributed by atoms with Crippen molar-refractivity contribution in [2.75, 3.05) is 13.1 Å². The third-order valence-electron chi connectivity index (χ3n) is 3.94. The van der Waals surface area contributed by atoms with Crippen LogP contribution in [-0.4, -0.2) is 28.8 Å². The van der Waals surface area contributed by atoms with Crippen LogP contribution in [0.4, 0.5) is 14.5 Å². The fraction of sp³-hybridized carbons (Fsp3) is 0.500.